The van der Waals surface area contributed by atoms with Crippen LogP contribution in [0.25, 0.3) is 0 Å². The lowest BCUT2D eigenvalue weighted by Crippen LogP contribution is -2.11. The first-order chi connectivity index (χ1) is 7.47. The zero-order valence-electron chi connectivity index (χ0n) is 8.99. The van der Waals surface area contributed by atoms with Gasteiger partial charge in [-0.1, -0.05) is 0 Å². The zero-order valence-corrected chi connectivity index (χ0v) is 9.75. The molecule has 1 aromatic carbocycles. The van der Waals surface area contributed by atoms with Gasteiger partial charge in [-0.3, -0.25) is 4.79 Å². The molecule has 4 nitrogen and oxygen atoms in total. The maximum absolute atomic E-state index is 11.4. The summed E-state index contributed by atoms with van der Waals surface area (Å²) in [7, 11) is 1.26. The summed E-state index contributed by atoms with van der Waals surface area (Å²) in [5.74, 6) is -0.792. The first-order valence-corrected chi connectivity index (χ1v) is 5.03. The van der Waals surface area contributed by atoms with Crippen LogP contribution >= 0.6 is 11.6 Å². The molecule has 0 aliphatic rings. The van der Waals surface area contributed by atoms with Crippen LogP contribution in [0.1, 0.15) is 28.2 Å². The van der Waals surface area contributed by atoms with Gasteiger partial charge in [0, 0.05) is 5.69 Å². The number of ether oxygens (including phenoxy) is 1. The number of carbonyl (C=O) groups excluding carboxylic acids is 2. The minimum absolute atomic E-state index is 0.252. The Morgan fingerprint density at radius 2 is 2.06 bits per heavy atom. The number of ketones is 1. The zero-order chi connectivity index (χ0) is 12.3. The van der Waals surface area contributed by atoms with Crippen molar-refractivity contribution in [1.82, 2.24) is 0 Å². The van der Waals surface area contributed by atoms with E-state index in [9.17, 15) is 9.59 Å². The number of nitrogen functional groups attached to an aromatic ring is 1. The van der Waals surface area contributed by atoms with Crippen LogP contribution in [-0.2, 0) is 9.53 Å². The monoisotopic (exact) mass is 241 g/mol. The van der Waals surface area contributed by atoms with Crippen molar-refractivity contribution >= 4 is 29.0 Å². The number of Topliss-reactive ketones (excluding diaryl/α,β-unsaturated/α-hetero) is 1. The van der Waals surface area contributed by atoms with Crippen LogP contribution in [0.15, 0.2) is 18.2 Å². The van der Waals surface area contributed by atoms with Gasteiger partial charge in [0.25, 0.3) is 0 Å². The normalized spacial score (nSPS) is 11.9. The van der Waals surface area contributed by atoms with Crippen molar-refractivity contribution in [2.75, 3.05) is 12.8 Å². The van der Waals surface area contributed by atoms with Gasteiger partial charge < -0.3 is 10.5 Å². The number of esters is 1. The maximum Gasteiger partial charge on any atom is 0.338 e. The maximum atomic E-state index is 11.4. The Morgan fingerprint density at radius 3 is 2.56 bits per heavy atom. The molecule has 2 N–H and O–H groups in total. The van der Waals surface area contributed by atoms with Crippen LogP contribution in [0, 0.1) is 0 Å². The second-order valence-electron chi connectivity index (χ2n) is 3.31. The number of carbonyl (C=O) groups is 2. The minimum atomic E-state index is -0.891. The Balaban J connectivity index is 3.28. The molecule has 5 heteroatoms. The average molecular weight is 242 g/mol. The van der Waals surface area contributed by atoms with Crippen LogP contribution in [-0.4, -0.2) is 18.9 Å². The molecule has 0 aliphatic heterocycles. The fourth-order valence-corrected chi connectivity index (χ4v) is 1.49. The molecule has 1 unspecified atom stereocenters. The molecule has 16 heavy (non-hydrogen) atoms. The molecule has 0 fully saturated rings. The van der Waals surface area contributed by atoms with E-state index in [1.807, 2.05) is 0 Å². The summed E-state index contributed by atoms with van der Waals surface area (Å²) in [5.41, 5.74) is 6.66. The highest BCUT2D eigenvalue weighted by Crippen LogP contribution is 2.27. The average Bonchev–Trinajstić information content (AvgIpc) is 2.26. The van der Waals surface area contributed by atoms with Gasteiger partial charge in [-0.25, -0.2) is 4.79 Å². The Bertz CT molecular complexity index is 431. The predicted octanol–water partition coefficient (Wildman–Crippen LogP) is 1.92. The summed E-state index contributed by atoms with van der Waals surface area (Å²) >= 11 is 5.91. The molecule has 0 heterocycles. The van der Waals surface area contributed by atoms with Gasteiger partial charge in [-0.2, -0.15) is 0 Å². The van der Waals surface area contributed by atoms with E-state index in [4.69, 9.17) is 17.3 Å². The third-order valence-corrected chi connectivity index (χ3v) is 2.65. The van der Waals surface area contributed by atoms with Crippen molar-refractivity contribution in [2.24, 2.45) is 0 Å². The predicted molar refractivity (Wildman–Crippen MR) is 61.5 cm³/mol. The number of anilines is 1. The highest BCUT2D eigenvalue weighted by atomic mass is 35.5. The van der Waals surface area contributed by atoms with Gasteiger partial charge in [0.1, 0.15) is 5.38 Å². The molecular formula is C11H12ClNO3. The van der Waals surface area contributed by atoms with Crippen LogP contribution < -0.4 is 5.73 Å². The van der Waals surface area contributed by atoms with Crippen LogP contribution in [0.3, 0.4) is 0 Å². The number of alkyl halides is 1. The van der Waals surface area contributed by atoms with Crippen molar-refractivity contribution in [1.29, 1.82) is 0 Å². The SMILES string of the molecule is COC(=O)c1ccc(N)cc1C(Cl)C(C)=O. The number of benzene rings is 1. The quantitative estimate of drug-likeness (QED) is 0.499. The Kier molecular flexibility index (Phi) is 3.90. The number of halogens is 1. The topological polar surface area (TPSA) is 69.4 Å². The molecule has 1 rings (SSSR count). The summed E-state index contributed by atoms with van der Waals surface area (Å²) in [5, 5.41) is -0.891. The molecule has 0 bridgehead atoms. The summed E-state index contributed by atoms with van der Waals surface area (Å²) in [6.45, 7) is 1.35. The molecule has 86 valence electrons. The van der Waals surface area contributed by atoms with E-state index in [0.717, 1.165) is 0 Å². The molecule has 0 spiro atoms. The molecule has 0 radical (unpaired) electrons. The first kappa shape index (κ1) is 12.5. The standard InChI is InChI=1S/C11H12ClNO3/c1-6(14)10(12)9-5-7(13)3-4-8(9)11(15)16-2/h3-5,10H,13H2,1-2H3. The van der Waals surface area contributed by atoms with Crippen molar-refractivity contribution < 1.29 is 14.3 Å². The van der Waals surface area contributed by atoms with Gasteiger partial charge in [0.15, 0.2) is 5.78 Å². The fourth-order valence-electron chi connectivity index (χ4n) is 1.31. The first-order valence-electron chi connectivity index (χ1n) is 4.59. The summed E-state index contributed by atoms with van der Waals surface area (Å²) in [6, 6.07) is 4.56. The third-order valence-electron chi connectivity index (χ3n) is 2.11. The van der Waals surface area contributed by atoms with Gasteiger partial charge in [0.05, 0.1) is 12.7 Å². The van der Waals surface area contributed by atoms with Crippen LogP contribution in [0.5, 0.6) is 0 Å². The van der Waals surface area contributed by atoms with E-state index < -0.39 is 11.3 Å². The van der Waals surface area contributed by atoms with Crippen molar-refractivity contribution in [3.05, 3.63) is 29.3 Å². The number of methoxy groups -OCH3 is 1. The second kappa shape index (κ2) is 4.99. The van der Waals surface area contributed by atoms with Crippen LogP contribution in [0.2, 0.25) is 0 Å². The second-order valence-corrected chi connectivity index (χ2v) is 3.75. The van der Waals surface area contributed by atoms with Gasteiger partial charge >= 0.3 is 5.97 Å². The van der Waals surface area contributed by atoms with Gasteiger partial charge in [0.2, 0.25) is 0 Å². The van der Waals surface area contributed by atoms with E-state index in [1.165, 1.54) is 26.2 Å². The third kappa shape index (κ3) is 2.52. The molecule has 0 saturated heterocycles. The molecule has 0 aliphatic carbocycles. The summed E-state index contributed by atoms with van der Waals surface area (Å²) in [6.07, 6.45) is 0. The van der Waals surface area contributed by atoms with Crippen molar-refractivity contribution in [2.45, 2.75) is 12.3 Å². The minimum Gasteiger partial charge on any atom is -0.465 e. The van der Waals surface area contributed by atoms with E-state index in [2.05, 4.69) is 4.74 Å². The molecule has 1 atom stereocenters. The fraction of sp³-hybridized carbons (Fsp3) is 0.273. The Labute approximate surface area is 98.3 Å². The lowest BCUT2D eigenvalue weighted by atomic mass is 10.0. The van der Waals surface area contributed by atoms with Crippen LogP contribution in [0.4, 0.5) is 5.69 Å². The number of hydrogen-bond acceptors (Lipinski definition) is 4. The van der Waals surface area contributed by atoms with Gasteiger partial charge in [-0.15, -0.1) is 11.6 Å². The summed E-state index contributed by atoms with van der Waals surface area (Å²) in [4.78, 5) is 22.6. The van der Waals surface area contributed by atoms with Gasteiger partial charge in [-0.05, 0) is 30.7 Å². The van der Waals surface area contributed by atoms with Crippen molar-refractivity contribution in [3.63, 3.8) is 0 Å². The molecule has 0 saturated carbocycles. The van der Waals surface area contributed by atoms with E-state index in [-0.39, 0.29) is 11.3 Å². The number of rotatable bonds is 3. The Hall–Kier alpha value is -1.55. The van der Waals surface area contributed by atoms with Crippen molar-refractivity contribution in [3.8, 4) is 0 Å². The Morgan fingerprint density at radius 1 is 1.44 bits per heavy atom. The molecule has 0 aromatic heterocycles. The lowest BCUT2D eigenvalue weighted by Gasteiger charge is -2.11. The molecule has 0 amide bonds. The largest absolute Gasteiger partial charge is 0.465 e. The molecular weight excluding hydrogens is 230 g/mol. The molecule has 1 aromatic rings. The van der Waals surface area contributed by atoms with E-state index in [0.29, 0.717) is 11.3 Å². The highest BCUT2D eigenvalue weighted by molar-refractivity contribution is 6.31. The lowest BCUT2D eigenvalue weighted by molar-refractivity contribution is -0.116. The smallest absolute Gasteiger partial charge is 0.338 e. The number of nitrogens with two attached hydrogens (primary N) is 1. The highest BCUT2D eigenvalue weighted by Gasteiger charge is 2.21. The number of hydrogen-bond donors (Lipinski definition) is 1. The summed E-state index contributed by atoms with van der Waals surface area (Å²) < 4.78 is 4.60. The van der Waals surface area contributed by atoms with E-state index >= 15 is 0 Å². The van der Waals surface area contributed by atoms with E-state index in [1.54, 1.807) is 6.07 Å².